The van der Waals surface area contributed by atoms with Crippen LogP contribution >= 0.6 is 0 Å². The summed E-state index contributed by atoms with van der Waals surface area (Å²) < 4.78 is 4.87. The summed E-state index contributed by atoms with van der Waals surface area (Å²) in [5, 5.41) is 0. The van der Waals surface area contributed by atoms with Gasteiger partial charge in [0.1, 0.15) is 0 Å². The van der Waals surface area contributed by atoms with Crippen molar-refractivity contribution >= 4 is 5.97 Å². The number of hydrogen-bond acceptors (Lipinski definition) is 2. The summed E-state index contributed by atoms with van der Waals surface area (Å²) in [6, 6.07) is 0. The van der Waals surface area contributed by atoms with Crippen LogP contribution < -0.4 is 0 Å². The second kappa shape index (κ2) is 14.0. The van der Waals surface area contributed by atoms with Gasteiger partial charge in [-0.05, 0) is 25.7 Å². The Labute approximate surface area is 112 Å². The van der Waals surface area contributed by atoms with Crippen molar-refractivity contribution in [3.63, 3.8) is 0 Å². The van der Waals surface area contributed by atoms with Gasteiger partial charge in [-0.25, -0.2) is 0 Å². The molecule has 0 atom stereocenters. The van der Waals surface area contributed by atoms with Gasteiger partial charge in [0.2, 0.25) is 0 Å². The van der Waals surface area contributed by atoms with Crippen LogP contribution in [0.2, 0.25) is 0 Å². The summed E-state index contributed by atoms with van der Waals surface area (Å²) in [4.78, 5) is 10.5. The van der Waals surface area contributed by atoms with E-state index in [1.165, 1.54) is 39.0 Å². The van der Waals surface area contributed by atoms with Crippen molar-refractivity contribution in [2.45, 2.75) is 65.2 Å². The SMILES string of the molecule is CCCC/C=C\C=C\CCCCCCOC(C)=O. The highest BCUT2D eigenvalue weighted by Gasteiger charge is 1.92. The third-order valence-electron chi connectivity index (χ3n) is 2.68. The number of carbonyl (C=O) groups excluding carboxylic acids is 1. The number of allylic oxidation sites excluding steroid dienone is 4. The van der Waals surface area contributed by atoms with Crippen LogP contribution in [-0.4, -0.2) is 12.6 Å². The van der Waals surface area contributed by atoms with Crippen LogP contribution in [0.5, 0.6) is 0 Å². The van der Waals surface area contributed by atoms with Crippen LogP contribution in [0, 0.1) is 0 Å². The average molecular weight is 252 g/mol. The highest BCUT2D eigenvalue weighted by molar-refractivity contribution is 5.65. The molecule has 0 aliphatic rings. The molecule has 0 aromatic heterocycles. The number of esters is 1. The summed E-state index contributed by atoms with van der Waals surface area (Å²) >= 11 is 0. The predicted octanol–water partition coefficient (Wildman–Crippen LogP) is 4.80. The van der Waals surface area contributed by atoms with Crippen LogP contribution in [0.25, 0.3) is 0 Å². The fourth-order valence-electron chi connectivity index (χ4n) is 1.61. The quantitative estimate of drug-likeness (QED) is 0.300. The zero-order valence-corrected chi connectivity index (χ0v) is 12.0. The number of ether oxygens (including phenoxy) is 1. The van der Waals surface area contributed by atoms with Crippen LogP contribution in [0.1, 0.15) is 65.2 Å². The minimum absolute atomic E-state index is 0.173. The van der Waals surface area contributed by atoms with E-state index in [0.717, 1.165) is 19.3 Å². The molecule has 0 radical (unpaired) electrons. The lowest BCUT2D eigenvalue weighted by Gasteiger charge is -2.00. The first-order chi connectivity index (χ1) is 8.77. The zero-order valence-electron chi connectivity index (χ0n) is 12.0. The number of carbonyl (C=O) groups is 1. The molecular weight excluding hydrogens is 224 g/mol. The van der Waals surface area contributed by atoms with E-state index in [4.69, 9.17) is 4.74 Å². The van der Waals surface area contributed by atoms with E-state index in [9.17, 15) is 4.79 Å². The van der Waals surface area contributed by atoms with Crippen molar-refractivity contribution < 1.29 is 9.53 Å². The molecule has 2 nitrogen and oxygen atoms in total. The van der Waals surface area contributed by atoms with Gasteiger partial charge < -0.3 is 4.74 Å². The normalized spacial score (nSPS) is 11.4. The van der Waals surface area contributed by atoms with E-state index < -0.39 is 0 Å². The molecule has 0 saturated carbocycles. The fraction of sp³-hybridized carbons (Fsp3) is 0.688. The molecule has 0 spiro atoms. The fourth-order valence-corrected chi connectivity index (χ4v) is 1.61. The lowest BCUT2D eigenvalue weighted by molar-refractivity contribution is -0.141. The first-order valence-corrected chi connectivity index (χ1v) is 7.22. The van der Waals surface area contributed by atoms with Crippen molar-refractivity contribution in [1.29, 1.82) is 0 Å². The molecule has 0 aromatic rings. The minimum atomic E-state index is -0.173. The largest absolute Gasteiger partial charge is 0.466 e. The van der Waals surface area contributed by atoms with E-state index in [-0.39, 0.29) is 5.97 Å². The van der Waals surface area contributed by atoms with Crippen molar-refractivity contribution in [3.05, 3.63) is 24.3 Å². The molecule has 0 aliphatic carbocycles. The zero-order chi connectivity index (χ0) is 13.5. The maximum Gasteiger partial charge on any atom is 0.302 e. The lowest BCUT2D eigenvalue weighted by Crippen LogP contribution is -1.99. The molecule has 18 heavy (non-hydrogen) atoms. The van der Waals surface area contributed by atoms with E-state index >= 15 is 0 Å². The van der Waals surface area contributed by atoms with Gasteiger partial charge in [0.05, 0.1) is 6.61 Å². The molecule has 0 N–H and O–H groups in total. The van der Waals surface area contributed by atoms with Crippen molar-refractivity contribution in [1.82, 2.24) is 0 Å². The Balaban J connectivity index is 3.17. The van der Waals surface area contributed by atoms with Crippen LogP contribution in [0.3, 0.4) is 0 Å². The van der Waals surface area contributed by atoms with Gasteiger partial charge in [-0.2, -0.15) is 0 Å². The second-order valence-electron chi connectivity index (χ2n) is 4.54. The van der Waals surface area contributed by atoms with Crippen molar-refractivity contribution in [3.8, 4) is 0 Å². The summed E-state index contributed by atoms with van der Waals surface area (Å²) in [7, 11) is 0. The van der Waals surface area contributed by atoms with Gasteiger partial charge in [0.25, 0.3) is 0 Å². The minimum Gasteiger partial charge on any atom is -0.466 e. The molecule has 104 valence electrons. The Kier molecular flexibility index (Phi) is 13.2. The van der Waals surface area contributed by atoms with Gasteiger partial charge >= 0.3 is 5.97 Å². The molecule has 2 heteroatoms. The molecule has 0 amide bonds. The number of rotatable bonds is 11. The molecule has 0 saturated heterocycles. The van der Waals surface area contributed by atoms with E-state index in [1.54, 1.807) is 0 Å². The second-order valence-corrected chi connectivity index (χ2v) is 4.54. The van der Waals surface area contributed by atoms with Gasteiger partial charge in [-0.3, -0.25) is 4.79 Å². The van der Waals surface area contributed by atoms with E-state index in [0.29, 0.717) is 6.61 Å². The summed E-state index contributed by atoms with van der Waals surface area (Å²) in [6.45, 7) is 4.25. The van der Waals surface area contributed by atoms with Gasteiger partial charge in [0, 0.05) is 6.92 Å². The summed E-state index contributed by atoms with van der Waals surface area (Å²) in [5.74, 6) is -0.173. The van der Waals surface area contributed by atoms with Crippen molar-refractivity contribution in [2.24, 2.45) is 0 Å². The molecule has 0 aromatic carbocycles. The average Bonchev–Trinajstić information content (AvgIpc) is 2.34. The molecule has 0 rings (SSSR count). The summed E-state index contributed by atoms with van der Waals surface area (Å²) in [5.41, 5.74) is 0. The standard InChI is InChI=1S/C16H28O2/c1-3-4-5-6-7-8-9-10-11-12-13-14-15-18-16(2)17/h6-9H,3-5,10-15H2,1-2H3/b7-6-,9-8+. The van der Waals surface area contributed by atoms with E-state index in [1.807, 2.05) is 0 Å². The van der Waals surface area contributed by atoms with Gasteiger partial charge in [-0.1, -0.05) is 56.9 Å². The Morgan fingerprint density at radius 3 is 2.17 bits per heavy atom. The Morgan fingerprint density at radius 2 is 1.56 bits per heavy atom. The Hall–Kier alpha value is -1.05. The maximum atomic E-state index is 10.5. The smallest absolute Gasteiger partial charge is 0.302 e. The monoisotopic (exact) mass is 252 g/mol. The van der Waals surface area contributed by atoms with Crippen LogP contribution in [0.4, 0.5) is 0 Å². The highest BCUT2D eigenvalue weighted by atomic mass is 16.5. The van der Waals surface area contributed by atoms with Gasteiger partial charge in [0.15, 0.2) is 0 Å². The molecular formula is C16H28O2. The summed E-state index contributed by atoms with van der Waals surface area (Å²) in [6.07, 6.45) is 18.2. The Bertz CT molecular complexity index is 241. The number of unbranched alkanes of at least 4 members (excludes halogenated alkanes) is 6. The molecule has 0 heterocycles. The van der Waals surface area contributed by atoms with Crippen LogP contribution in [0.15, 0.2) is 24.3 Å². The lowest BCUT2D eigenvalue weighted by atomic mass is 10.1. The molecule has 0 fully saturated rings. The molecule has 0 aliphatic heterocycles. The highest BCUT2D eigenvalue weighted by Crippen LogP contribution is 2.04. The predicted molar refractivity (Wildman–Crippen MR) is 77.5 cm³/mol. The maximum absolute atomic E-state index is 10.5. The van der Waals surface area contributed by atoms with E-state index in [2.05, 4.69) is 31.2 Å². The first kappa shape index (κ1) is 16.9. The first-order valence-electron chi connectivity index (χ1n) is 7.22. The third kappa shape index (κ3) is 14.9. The van der Waals surface area contributed by atoms with Gasteiger partial charge in [-0.15, -0.1) is 0 Å². The topological polar surface area (TPSA) is 26.3 Å². The molecule has 0 bridgehead atoms. The Morgan fingerprint density at radius 1 is 0.944 bits per heavy atom. The third-order valence-corrected chi connectivity index (χ3v) is 2.68. The molecule has 0 unspecified atom stereocenters. The van der Waals surface area contributed by atoms with Crippen LogP contribution in [-0.2, 0) is 9.53 Å². The van der Waals surface area contributed by atoms with Crippen molar-refractivity contribution in [2.75, 3.05) is 6.61 Å². The number of hydrogen-bond donors (Lipinski definition) is 0.